The van der Waals surface area contributed by atoms with Crippen LogP contribution in [0.15, 0.2) is 60.5 Å². The van der Waals surface area contributed by atoms with E-state index in [1.165, 1.54) is 29.3 Å². The Kier molecular flexibility index (Phi) is 9.63. The molecule has 1 fully saturated rings. The van der Waals surface area contributed by atoms with E-state index in [4.69, 9.17) is 9.47 Å². The lowest BCUT2D eigenvalue weighted by molar-refractivity contribution is -0.125. The molecule has 0 spiro atoms. The van der Waals surface area contributed by atoms with Gasteiger partial charge in [-0.05, 0) is 65.9 Å². The number of aromatic nitrogens is 2. The highest BCUT2D eigenvalue weighted by molar-refractivity contribution is 7.17. The number of hydrogen-bond donors (Lipinski definition) is 3. The largest absolute Gasteiger partial charge is 0.444 e. The van der Waals surface area contributed by atoms with E-state index in [1.807, 2.05) is 5.38 Å². The number of alkyl carbamates (subject to hydrolysis) is 1. The van der Waals surface area contributed by atoms with Gasteiger partial charge in [0.25, 0.3) is 0 Å². The summed E-state index contributed by atoms with van der Waals surface area (Å²) in [6, 6.07) is 13.1. The van der Waals surface area contributed by atoms with Crippen molar-refractivity contribution in [3.8, 4) is 22.5 Å². The number of hydrogen-bond acceptors (Lipinski definition) is 9. The van der Waals surface area contributed by atoms with E-state index < -0.39 is 6.09 Å². The molecule has 1 atom stereocenters. The van der Waals surface area contributed by atoms with Gasteiger partial charge < -0.3 is 30.3 Å². The first kappa shape index (κ1) is 30.6. The van der Waals surface area contributed by atoms with Crippen molar-refractivity contribution in [3.63, 3.8) is 0 Å². The monoisotopic (exact) mass is 630 g/mol. The molecule has 10 nitrogen and oxygen atoms in total. The molecule has 2 aromatic carbocycles. The predicted octanol–water partition coefficient (Wildman–Crippen LogP) is 4.75. The van der Waals surface area contributed by atoms with Gasteiger partial charge in [-0.15, -0.1) is 21.5 Å². The van der Waals surface area contributed by atoms with Crippen molar-refractivity contribution in [2.24, 2.45) is 0 Å². The molecule has 4 heterocycles. The first-order valence-corrected chi connectivity index (χ1v) is 15.9. The summed E-state index contributed by atoms with van der Waals surface area (Å²) in [6.07, 6.45) is 1.95. The van der Waals surface area contributed by atoms with E-state index in [0.29, 0.717) is 44.0 Å². The smallest absolute Gasteiger partial charge is 0.407 e. The van der Waals surface area contributed by atoms with E-state index in [-0.39, 0.29) is 31.0 Å². The summed E-state index contributed by atoms with van der Waals surface area (Å²) in [6.45, 7) is 7.53. The van der Waals surface area contributed by atoms with Crippen LogP contribution in [0.2, 0.25) is 0 Å². The molecule has 2 amide bonds. The maximum Gasteiger partial charge on any atom is 0.407 e. The molecule has 0 saturated carbocycles. The highest BCUT2D eigenvalue weighted by atomic mass is 32.1. The van der Waals surface area contributed by atoms with Crippen molar-refractivity contribution in [2.75, 3.05) is 51.3 Å². The Bertz CT molecular complexity index is 1710. The van der Waals surface area contributed by atoms with Crippen molar-refractivity contribution in [3.05, 3.63) is 77.4 Å². The number of amides is 2. The van der Waals surface area contributed by atoms with Crippen molar-refractivity contribution < 1.29 is 23.5 Å². The lowest BCUT2D eigenvalue weighted by Gasteiger charge is -2.18. The number of carbonyl (C=O) groups is 2. The summed E-state index contributed by atoms with van der Waals surface area (Å²) >= 11 is 1.59. The van der Waals surface area contributed by atoms with Crippen LogP contribution in [0.3, 0.4) is 0 Å². The molecular formula is C33H35FN6O4S. The van der Waals surface area contributed by atoms with Gasteiger partial charge in [0.1, 0.15) is 23.3 Å². The zero-order chi connectivity index (χ0) is 31.2. The number of rotatable bonds is 11. The van der Waals surface area contributed by atoms with Crippen LogP contribution in [0.25, 0.3) is 32.6 Å². The van der Waals surface area contributed by atoms with Crippen LogP contribution in [-0.4, -0.2) is 79.1 Å². The summed E-state index contributed by atoms with van der Waals surface area (Å²) in [7, 11) is 0. The number of ether oxygens (including phenoxy) is 2. The van der Waals surface area contributed by atoms with E-state index in [9.17, 15) is 14.0 Å². The topological polar surface area (TPSA) is 118 Å². The number of thiophene rings is 1. The van der Waals surface area contributed by atoms with Crippen molar-refractivity contribution in [1.82, 2.24) is 25.7 Å². The Morgan fingerprint density at radius 2 is 1.98 bits per heavy atom. The number of halogens is 1. The fourth-order valence-corrected chi connectivity index (χ4v) is 6.59. The second-order valence-corrected chi connectivity index (χ2v) is 11.8. The standard InChI is InChI=1S/C33H35FN6O4S/c1-2-29(41)40-13-8-25(20-40)44-33(42)37-12-15-43-14-11-36-28-18-24(34)5-6-26(28)31-32-27(9-16-45-32)30(38-39-31)22-3-4-23-19-35-10-7-21(23)17-22/h2-6,9,16-18,25,35-36H,1,7-8,10-15,19-20H2,(H,37,42). The van der Waals surface area contributed by atoms with Crippen LogP contribution in [0.5, 0.6) is 0 Å². The minimum Gasteiger partial charge on any atom is -0.444 e. The number of anilines is 1. The van der Waals surface area contributed by atoms with Gasteiger partial charge in [0, 0.05) is 54.8 Å². The van der Waals surface area contributed by atoms with Gasteiger partial charge in [0.2, 0.25) is 5.91 Å². The molecule has 45 heavy (non-hydrogen) atoms. The molecule has 2 aliphatic rings. The van der Waals surface area contributed by atoms with Crippen molar-refractivity contribution >= 4 is 39.1 Å². The normalized spacial score (nSPS) is 15.9. The van der Waals surface area contributed by atoms with Crippen LogP contribution in [-0.2, 0) is 27.2 Å². The van der Waals surface area contributed by atoms with Gasteiger partial charge in [0.05, 0.1) is 24.5 Å². The van der Waals surface area contributed by atoms with E-state index in [2.05, 4.69) is 57.0 Å². The summed E-state index contributed by atoms with van der Waals surface area (Å²) in [5, 5.41) is 21.7. The Morgan fingerprint density at radius 1 is 1.11 bits per heavy atom. The average molecular weight is 631 g/mol. The SMILES string of the molecule is C=CC(=O)N1CCC(OC(=O)NCCOCCNc2cc(F)ccc2-c2nnc(-c3ccc4c(c3)CCNC4)c3ccsc23)C1. The Hall–Kier alpha value is -4.39. The second kappa shape index (κ2) is 14.1. The number of nitrogens with zero attached hydrogens (tertiary/aromatic N) is 3. The van der Waals surface area contributed by atoms with Gasteiger partial charge >= 0.3 is 6.09 Å². The number of carbonyl (C=O) groups excluding carboxylic acids is 2. The molecule has 4 aromatic rings. The summed E-state index contributed by atoms with van der Waals surface area (Å²) in [4.78, 5) is 25.4. The first-order valence-electron chi connectivity index (χ1n) is 15.0. The third kappa shape index (κ3) is 7.14. The minimum atomic E-state index is -0.546. The zero-order valence-electron chi connectivity index (χ0n) is 24.8. The Morgan fingerprint density at radius 3 is 2.87 bits per heavy atom. The number of likely N-dealkylation sites (tertiary alicyclic amines) is 1. The molecule has 1 unspecified atom stereocenters. The van der Waals surface area contributed by atoms with Gasteiger partial charge in [0.15, 0.2) is 0 Å². The third-order valence-corrected chi connectivity index (χ3v) is 8.89. The molecule has 12 heteroatoms. The molecule has 0 aliphatic carbocycles. The molecule has 3 N–H and O–H groups in total. The maximum absolute atomic E-state index is 14.3. The summed E-state index contributed by atoms with van der Waals surface area (Å²) < 4.78 is 26.3. The molecule has 6 rings (SSSR count). The average Bonchev–Trinajstić information content (AvgIpc) is 3.74. The van der Waals surface area contributed by atoms with Gasteiger partial charge in [-0.2, -0.15) is 0 Å². The highest BCUT2D eigenvalue weighted by Gasteiger charge is 2.27. The number of fused-ring (bicyclic) bond motifs is 2. The third-order valence-electron chi connectivity index (χ3n) is 7.97. The molecule has 2 aliphatic heterocycles. The van der Waals surface area contributed by atoms with Crippen molar-refractivity contribution in [2.45, 2.75) is 25.5 Å². The number of nitrogens with one attached hydrogen (secondary N) is 3. The van der Waals surface area contributed by atoms with Crippen LogP contribution >= 0.6 is 11.3 Å². The molecule has 0 bridgehead atoms. The first-order chi connectivity index (χ1) is 22.0. The van der Waals surface area contributed by atoms with E-state index >= 15 is 0 Å². The summed E-state index contributed by atoms with van der Waals surface area (Å²) in [5.41, 5.74) is 6.57. The van der Waals surface area contributed by atoms with Crippen LogP contribution < -0.4 is 16.0 Å². The van der Waals surface area contributed by atoms with Crippen LogP contribution in [0.1, 0.15) is 17.5 Å². The lowest BCUT2D eigenvalue weighted by atomic mass is 9.96. The van der Waals surface area contributed by atoms with E-state index in [0.717, 1.165) is 46.4 Å². The minimum absolute atomic E-state index is 0.168. The quantitative estimate of drug-likeness (QED) is 0.161. The van der Waals surface area contributed by atoms with Crippen LogP contribution in [0, 0.1) is 5.82 Å². The molecule has 0 radical (unpaired) electrons. The fourth-order valence-electron chi connectivity index (χ4n) is 5.69. The molecule has 234 valence electrons. The number of benzene rings is 2. The maximum atomic E-state index is 14.3. The molecular weight excluding hydrogens is 595 g/mol. The summed E-state index contributed by atoms with van der Waals surface area (Å²) in [5.74, 6) is -0.529. The van der Waals surface area contributed by atoms with Gasteiger partial charge in [-0.1, -0.05) is 18.7 Å². The second-order valence-electron chi connectivity index (χ2n) is 10.9. The zero-order valence-corrected chi connectivity index (χ0v) is 25.6. The Balaban J connectivity index is 1.03. The molecule has 1 saturated heterocycles. The lowest BCUT2D eigenvalue weighted by Crippen LogP contribution is -2.34. The highest BCUT2D eigenvalue weighted by Crippen LogP contribution is 2.39. The van der Waals surface area contributed by atoms with Crippen LogP contribution in [0.4, 0.5) is 14.9 Å². The van der Waals surface area contributed by atoms with Gasteiger partial charge in [-0.3, -0.25) is 4.79 Å². The fraction of sp³-hybridized carbons (Fsp3) is 0.333. The predicted molar refractivity (Wildman–Crippen MR) is 173 cm³/mol. The van der Waals surface area contributed by atoms with E-state index in [1.54, 1.807) is 22.3 Å². The molecule has 2 aromatic heterocycles. The van der Waals surface area contributed by atoms with Gasteiger partial charge in [-0.25, -0.2) is 9.18 Å². The van der Waals surface area contributed by atoms with Crippen molar-refractivity contribution in [1.29, 1.82) is 0 Å². The Labute approximate surface area is 264 Å².